The van der Waals surface area contributed by atoms with Gasteiger partial charge in [-0.15, -0.1) is 0 Å². The minimum Gasteiger partial charge on any atom is -0.466 e. The number of aryl methyl sites for hydroxylation is 1. The summed E-state index contributed by atoms with van der Waals surface area (Å²) < 4.78 is 4.96. The Bertz CT molecular complexity index is 1370. The molecule has 0 aromatic heterocycles. The molecule has 1 aliphatic carbocycles. The highest BCUT2D eigenvalue weighted by Gasteiger charge is 2.18. The third kappa shape index (κ3) is 9.23. The molecule has 0 atom stereocenters. The van der Waals surface area contributed by atoms with Crippen LogP contribution in [0.2, 0.25) is 0 Å². The van der Waals surface area contributed by atoms with E-state index in [-0.39, 0.29) is 24.3 Å². The van der Waals surface area contributed by atoms with E-state index in [0.29, 0.717) is 42.4 Å². The number of nitrogens with one attached hydrogen (secondary N) is 4. The molecule has 1 saturated carbocycles. The molecule has 0 heterocycles. The lowest BCUT2D eigenvalue weighted by molar-refractivity contribution is -0.143. The molecular weight excluding hydrogens is 528 g/mol. The van der Waals surface area contributed by atoms with Crippen molar-refractivity contribution in [3.63, 3.8) is 0 Å². The minimum atomic E-state index is -0.350. The molecule has 42 heavy (non-hydrogen) atoms. The van der Waals surface area contributed by atoms with Crippen LogP contribution in [0.1, 0.15) is 66.9 Å². The van der Waals surface area contributed by atoms with Crippen molar-refractivity contribution >= 4 is 40.5 Å². The SMILES string of the molecule is C=C(Nc1ccccc1)c1cc(C(=O)NCC(=O)Nc2ccc(CCC(=O)OCC)cc2)ccc1NC1CCCCC1. The summed E-state index contributed by atoms with van der Waals surface area (Å²) in [6, 6.07) is 22.9. The standard InChI is InChI=1S/C34H40N4O4/c1-3-42-33(40)21-16-25-14-18-29(19-15-25)38-32(39)23-35-34(41)26-17-20-31(37-28-12-8-5-9-13-28)30(22-26)24(2)36-27-10-6-4-7-11-27/h4,6-7,10-11,14-15,17-20,22,28,36-37H,2-3,5,8-9,12-13,16,21,23H2,1H3,(H,35,41)(H,38,39). The lowest BCUT2D eigenvalue weighted by Gasteiger charge is -2.26. The molecule has 0 saturated heterocycles. The molecule has 4 rings (SSSR count). The Balaban J connectivity index is 1.36. The Morgan fingerprint density at radius 3 is 2.31 bits per heavy atom. The van der Waals surface area contributed by atoms with Crippen LogP contribution in [0.15, 0.2) is 79.4 Å². The zero-order chi connectivity index (χ0) is 29.7. The first-order valence-corrected chi connectivity index (χ1v) is 14.7. The van der Waals surface area contributed by atoms with E-state index in [1.807, 2.05) is 54.6 Å². The van der Waals surface area contributed by atoms with Crippen molar-refractivity contribution in [3.8, 4) is 0 Å². The number of benzene rings is 3. The lowest BCUT2D eigenvalue weighted by Crippen LogP contribution is -2.33. The van der Waals surface area contributed by atoms with Gasteiger partial charge < -0.3 is 26.0 Å². The van der Waals surface area contributed by atoms with E-state index in [1.54, 1.807) is 25.1 Å². The van der Waals surface area contributed by atoms with Gasteiger partial charge in [0, 0.05) is 46.3 Å². The van der Waals surface area contributed by atoms with Crippen LogP contribution in [0.25, 0.3) is 5.70 Å². The summed E-state index contributed by atoms with van der Waals surface area (Å²) in [6.45, 7) is 6.23. The van der Waals surface area contributed by atoms with Gasteiger partial charge >= 0.3 is 5.97 Å². The maximum Gasteiger partial charge on any atom is 0.306 e. The average molecular weight is 569 g/mol. The number of ether oxygens (including phenoxy) is 1. The Morgan fingerprint density at radius 2 is 1.60 bits per heavy atom. The Morgan fingerprint density at radius 1 is 0.881 bits per heavy atom. The molecule has 0 radical (unpaired) electrons. The highest BCUT2D eigenvalue weighted by molar-refractivity contribution is 6.00. The molecular formula is C34H40N4O4. The highest BCUT2D eigenvalue weighted by Crippen LogP contribution is 2.29. The maximum absolute atomic E-state index is 13.1. The van der Waals surface area contributed by atoms with E-state index in [9.17, 15) is 14.4 Å². The Kier molecular flexibility index (Phi) is 11.2. The maximum atomic E-state index is 13.1. The fourth-order valence-electron chi connectivity index (χ4n) is 4.99. The molecule has 0 bridgehead atoms. The van der Waals surface area contributed by atoms with Crippen molar-refractivity contribution in [2.24, 2.45) is 0 Å². The zero-order valence-corrected chi connectivity index (χ0v) is 24.2. The smallest absolute Gasteiger partial charge is 0.306 e. The topological polar surface area (TPSA) is 109 Å². The molecule has 4 N–H and O–H groups in total. The van der Waals surface area contributed by atoms with Crippen LogP contribution in [0.4, 0.5) is 17.1 Å². The summed E-state index contributed by atoms with van der Waals surface area (Å²) in [5.74, 6) is -0.921. The van der Waals surface area contributed by atoms with Crippen LogP contribution < -0.4 is 21.3 Å². The fraction of sp³-hybridized carbons (Fsp3) is 0.324. The number of para-hydroxylation sites is 1. The number of hydrogen-bond acceptors (Lipinski definition) is 6. The first-order chi connectivity index (χ1) is 20.4. The molecule has 8 nitrogen and oxygen atoms in total. The predicted molar refractivity (Wildman–Crippen MR) is 168 cm³/mol. The van der Waals surface area contributed by atoms with Crippen LogP contribution in [0.5, 0.6) is 0 Å². The molecule has 1 aliphatic rings. The van der Waals surface area contributed by atoms with Gasteiger partial charge in [0.25, 0.3) is 5.91 Å². The van der Waals surface area contributed by atoms with Gasteiger partial charge in [-0.05, 0) is 74.2 Å². The van der Waals surface area contributed by atoms with Gasteiger partial charge in [0.05, 0.1) is 13.2 Å². The van der Waals surface area contributed by atoms with Crippen molar-refractivity contribution in [2.45, 2.75) is 57.9 Å². The summed E-state index contributed by atoms with van der Waals surface area (Å²) in [5.41, 5.74) is 5.34. The van der Waals surface area contributed by atoms with Crippen molar-refractivity contribution in [1.82, 2.24) is 5.32 Å². The van der Waals surface area contributed by atoms with Gasteiger partial charge in [0.15, 0.2) is 0 Å². The Hall–Kier alpha value is -4.59. The first kappa shape index (κ1) is 30.4. The number of carbonyl (C=O) groups is 3. The molecule has 0 aliphatic heterocycles. The number of rotatable bonds is 13. The first-order valence-electron chi connectivity index (χ1n) is 14.7. The van der Waals surface area contributed by atoms with E-state index in [0.717, 1.165) is 35.3 Å². The van der Waals surface area contributed by atoms with Gasteiger partial charge in [-0.1, -0.05) is 56.2 Å². The van der Waals surface area contributed by atoms with Gasteiger partial charge in [-0.3, -0.25) is 14.4 Å². The summed E-state index contributed by atoms with van der Waals surface area (Å²) in [6.07, 6.45) is 6.78. The van der Waals surface area contributed by atoms with E-state index >= 15 is 0 Å². The van der Waals surface area contributed by atoms with Crippen LogP contribution >= 0.6 is 0 Å². The molecule has 2 amide bonds. The second-order valence-corrected chi connectivity index (χ2v) is 10.4. The normalized spacial score (nSPS) is 13.1. The number of hydrogen-bond donors (Lipinski definition) is 4. The van der Waals surface area contributed by atoms with E-state index in [4.69, 9.17) is 4.74 Å². The molecule has 3 aromatic rings. The monoisotopic (exact) mass is 568 g/mol. The van der Waals surface area contributed by atoms with Crippen molar-refractivity contribution < 1.29 is 19.1 Å². The van der Waals surface area contributed by atoms with Crippen LogP contribution in [0, 0.1) is 0 Å². The van der Waals surface area contributed by atoms with Crippen LogP contribution in [-0.4, -0.2) is 37.0 Å². The van der Waals surface area contributed by atoms with Crippen molar-refractivity contribution in [1.29, 1.82) is 0 Å². The van der Waals surface area contributed by atoms with Gasteiger partial charge in [-0.25, -0.2) is 0 Å². The second-order valence-electron chi connectivity index (χ2n) is 10.4. The molecule has 220 valence electrons. The largest absolute Gasteiger partial charge is 0.466 e. The number of esters is 1. The number of amides is 2. The second kappa shape index (κ2) is 15.4. The third-order valence-electron chi connectivity index (χ3n) is 7.21. The fourth-order valence-corrected chi connectivity index (χ4v) is 4.99. The molecule has 1 fully saturated rings. The summed E-state index contributed by atoms with van der Waals surface area (Å²) in [4.78, 5) is 37.2. The minimum absolute atomic E-state index is 0.177. The lowest BCUT2D eigenvalue weighted by atomic mass is 9.94. The van der Waals surface area contributed by atoms with Gasteiger partial charge in [-0.2, -0.15) is 0 Å². The Labute approximate surface area is 247 Å². The van der Waals surface area contributed by atoms with Crippen molar-refractivity contribution in [2.75, 3.05) is 29.1 Å². The molecule has 8 heteroatoms. The number of anilines is 3. The van der Waals surface area contributed by atoms with Crippen molar-refractivity contribution in [3.05, 3.63) is 96.1 Å². The van der Waals surface area contributed by atoms with Gasteiger partial charge in [0.1, 0.15) is 0 Å². The number of carbonyl (C=O) groups excluding carboxylic acids is 3. The molecule has 3 aromatic carbocycles. The molecule has 0 spiro atoms. The van der Waals surface area contributed by atoms with Gasteiger partial charge in [0.2, 0.25) is 5.91 Å². The zero-order valence-electron chi connectivity index (χ0n) is 24.2. The third-order valence-corrected chi connectivity index (χ3v) is 7.21. The van der Waals surface area contributed by atoms with E-state index in [2.05, 4.69) is 27.8 Å². The summed E-state index contributed by atoms with van der Waals surface area (Å²) >= 11 is 0. The predicted octanol–water partition coefficient (Wildman–Crippen LogP) is 6.38. The van der Waals surface area contributed by atoms with E-state index in [1.165, 1.54) is 19.3 Å². The summed E-state index contributed by atoms with van der Waals surface area (Å²) in [5, 5.41) is 12.5. The highest BCUT2D eigenvalue weighted by atomic mass is 16.5. The summed E-state index contributed by atoms with van der Waals surface area (Å²) in [7, 11) is 0. The van der Waals surface area contributed by atoms with Crippen LogP contribution in [-0.2, 0) is 20.7 Å². The van der Waals surface area contributed by atoms with Crippen LogP contribution in [0.3, 0.4) is 0 Å². The average Bonchev–Trinajstić information content (AvgIpc) is 3.01. The van der Waals surface area contributed by atoms with E-state index < -0.39 is 0 Å². The quantitative estimate of drug-likeness (QED) is 0.178. The molecule has 0 unspecified atom stereocenters.